The van der Waals surface area contributed by atoms with Gasteiger partial charge in [-0.15, -0.1) is 11.3 Å². The molecule has 0 radical (unpaired) electrons. The number of hydrogen-bond acceptors (Lipinski definition) is 3. The Balaban J connectivity index is 2.82. The Morgan fingerprint density at radius 2 is 2.18 bits per heavy atom. The second kappa shape index (κ2) is 2.43. The van der Waals surface area contributed by atoms with E-state index in [9.17, 15) is 0 Å². The van der Waals surface area contributed by atoms with Crippen LogP contribution in [0.25, 0.3) is 10.3 Å². The molecule has 0 atom stereocenters. The lowest BCUT2D eigenvalue weighted by Crippen LogP contribution is -1.75. The van der Waals surface area contributed by atoms with Crippen molar-refractivity contribution in [2.24, 2.45) is 0 Å². The maximum absolute atomic E-state index is 5.68. The minimum atomic E-state index is 0.503. The van der Waals surface area contributed by atoms with Gasteiger partial charge in [0.15, 0.2) is 5.65 Å². The lowest BCUT2D eigenvalue weighted by Gasteiger charge is -1.85. The SMILES string of the molecule is Cc1nc2nc(Cl)ccc2s1. The van der Waals surface area contributed by atoms with E-state index in [0.29, 0.717) is 5.15 Å². The Bertz CT molecular complexity index is 396. The van der Waals surface area contributed by atoms with Crippen molar-refractivity contribution >= 4 is 33.3 Å². The monoisotopic (exact) mass is 184 g/mol. The van der Waals surface area contributed by atoms with Crippen LogP contribution in [0.3, 0.4) is 0 Å². The smallest absolute Gasteiger partial charge is 0.172 e. The molecule has 0 amide bonds. The number of thiazole rings is 1. The van der Waals surface area contributed by atoms with E-state index in [1.165, 1.54) is 0 Å². The van der Waals surface area contributed by atoms with Gasteiger partial charge in [0.25, 0.3) is 0 Å². The first-order valence-corrected chi connectivity index (χ1v) is 4.35. The van der Waals surface area contributed by atoms with Crippen LogP contribution in [-0.2, 0) is 0 Å². The molecule has 0 fully saturated rings. The molecule has 0 aliphatic heterocycles. The third-order valence-corrected chi connectivity index (χ3v) is 2.46. The Labute approximate surface area is 72.9 Å². The van der Waals surface area contributed by atoms with E-state index in [1.807, 2.05) is 13.0 Å². The molecule has 0 aromatic carbocycles. The summed E-state index contributed by atoms with van der Waals surface area (Å²) in [5.41, 5.74) is 0.750. The zero-order valence-corrected chi connectivity index (χ0v) is 7.41. The highest BCUT2D eigenvalue weighted by atomic mass is 35.5. The molecule has 2 rings (SSSR count). The number of aryl methyl sites for hydroxylation is 1. The Morgan fingerprint density at radius 1 is 1.36 bits per heavy atom. The minimum absolute atomic E-state index is 0.503. The molecule has 0 aliphatic carbocycles. The van der Waals surface area contributed by atoms with Gasteiger partial charge in [0.05, 0.1) is 9.71 Å². The van der Waals surface area contributed by atoms with Crippen molar-refractivity contribution < 1.29 is 0 Å². The van der Waals surface area contributed by atoms with Gasteiger partial charge in [-0.25, -0.2) is 9.97 Å². The van der Waals surface area contributed by atoms with Crippen LogP contribution in [-0.4, -0.2) is 9.97 Å². The van der Waals surface area contributed by atoms with E-state index >= 15 is 0 Å². The second-order valence-corrected chi connectivity index (χ2v) is 3.81. The van der Waals surface area contributed by atoms with Crippen LogP contribution < -0.4 is 0 Å². The summed E-state index contributed by atoms with van der Waals surface area (Å²) in [5.74, 6) is 0. The fourth-order valence-corrected chi connectivity index (χ4v) is 1.82. The number of halogens is 1. The largest absolute Gasteiger partial charge is 0.222 e. The van der Waals surface area contributed by atoms with Gasteiger partial charge in [-0.3, -0.25) is 0 Å². The summed E-state index contributed by atoms with van der Waals surface area (Å²) in [6, 6.07) is 3.72. The third kappa shape index (κ3) is 1.21. The number of aromatic nitrogens is 2. The molecular formula is C7H5ClN2S. The molecule has 2 aromatic heterocycles. The molecule has 2 nitrogen and oxygen atoms in total. The van der Waals surface area contributed by atoms with Crippen LogP contribution in [0.1, 0.15) is 5.01 Å². The summed E-state index contributed by atoms with van der Waals surface area (Å²) in [7, 11) is 0. The fourth-order valence-electron chi connectivity index (χ4n) is 0.903. The average molecular weight is 185 g/mol. The molecule has 0 spiro atoms. The van der Waals surface area contributed by atoms with Crippen LogP contribution in [0.2, 0.25) is 5.15 Å². The predicted molar refractivity (Wildman–Crippen MR) is 47.2 cm³/mol. The van der Waals surface area contributed by atoms with Gasteiger partial charge in [-0.1, -0.05) is 11.6 Å². The standard InChI is InChI=1S/C7H5ClN2S/c1-4-9-7-5(11-4)2-3-6(8)10-7/h2-3H,1H3. The maximum Gasteiger partial charge on any atom is 0.172 e. The van der Waals surface area contributed by atoms with Gasteiger partial charge in [0.1, 0.15) is 5.15 Å². The number of hydrogen-bond donors (Lipinski definition) is 0. The summed E-state index contributed by atoms with van der Waals surface area (Å²) >= 11 is 7.31. The molecule has 0 saturated carbocycles. The van der Waals surface area contributed by atoms with Gasteiger partial charge < -0.3 is 0 Å². The van der Waals surface area contributed by atoms with Gasteiger partial charge >= 0.3 is 0 Å². The molecule has 11 heavy (non-hydrogen) atoms. The molecule has 0 N–H and O–H groups in total. The molecule has 0 bridgehead atoms. The highest BCUT2D eigenvalue weighted by molar-refractivity contribution is 7.18. The summed E-state index contributed by atoms with van der Waals surface area (Å²) in [5, 5.41) is 1.53. The Kier molecular flexibility index (Phi) is 1.55. The molecule has 0 unspecified atom stereocenters. The van der Waals surface area contributed by atoms with Gasteiger partial charge in [0, 0.05) is 0 Å². The average Bonchev–Trinajstić information content (AvgIpc) is 2.27. The van der Waals surface area contributed by atoms with E-state index in [2.05, 4.69) is 9.97 Å². The summed E-state index contributed by atoms with van der Waals surface area (Å²) in [6.45, 7) is 1.96. The van der Waals surface area contributed by atoms with Crippen LogP contribution >= 0.6 is 22.9 Å². The zero-order chi connectivity index (χ0) is 7.84. The number of rotatable bonds is 0. The lowest BCUT2D eigenvalue weighted by atomic mass is 10.5. The zero-order valence-electron chi connectivity index (χ0n) is 5.84. The van der Waals surface area contributed by atoms with Crippen LogP contribution in [0.5, 0.6) is 0 Å². The normalized spacial score (nSPS) is 10.7. The van der Waals surface area contributed by atoms with E-state index < -0.39 is 0 Å². The van der Waals surface area contributed by atoms with Crippen LogP contribution in [0.4, 0.5) is 0 Å². The van der Waals surface area contributed by atoms with Crippen LogP contribution in [0, 0.1) is 6.92 Å². The molecule has 4 heteroatoms. The fraction of sp³-hybridized carbons (Fsp3) is 0.143. The number of fused-ring (bicyclic) bond motifs is 1. The highest BCUT2D eigenvalue weighted by Gasteiger charge is 2.00. The van der Waals surface area contributed by atoms with Crippen LogP contribution in [0.15, 0.2) is 12.1 Å². The van der Waals surface area contributed by atoms with E-state index in [4.69, 9.17) is 11.6 Å². The molecular weight excluding hydrogens is 180 g/mol. The van der Waals surface area contributed by atoms with Crippen molar-refractivity contribution in [1.82, 2.24) is 9.97 Å². The number of nitrogens with zero attached hydrogens (tertiary/aromatic N) is 2. The topological polar surface area (TPSA) is 25.8 Å². The van der Waals surface area contributed by atoms with Crippen molar-refractivity contribution in [1.29, 1.82) is 0 Å². The van der Waals surface area contributed by atoms with Gasteiger partial charge in [0.2, 0.25) is 0 Å². The highest BCUT2D eigenvalue weighted by Crippen LogP contribution is 2.20. The van der Waals surface area contributed by atoms with Crippen molar-refractivity contribution in [3.05, 3.63) is 22.3 Å². The van der Waals surface area contributed by atoms with Crippen molar-refractivity contribution in [2.45, 2.75) is 6.92 Å². The first-order chi connectivity index (χ1) is 5.25. The lowest BCUT2D eigenvalue weighted by molar-refractivity contribution is 1.27. The van der Waals surface area contributed by atoms with Gasteiger partial charge in [-0.05, 0) is 19.1 Å². The van der Waals surface area contributed by atoms with E-state index in [-0.39, 0.29) is 0 Å². The summed E-state index contributed by atoms with van der Waals surface area (Å²) in [6.07, 6.45) is 0. The predicted octanol–water partition coefficient (Wildman–Crippen LogP) is 2.65. The Hall–Kier alpha value is -0.670. The van der Waals surface area contributed by atoms with E-state index in [0.717, 1.165) is 15.4 Å². The molecule has 56 valence electrons. The van der Waals surface area contributed by atoms with Gasteiger partial charge in [-0.2, -0.15) is 0 Å². The third-order valence-electron chi connectivity index (χ3n) is 1.33. The minimum Gasteiger partial charge on any atom is -0.222 e. The first-order valence-electron chi connectivity index (χ1n) is 3.15. The van der Waals surface area contributed by atoms with E-state index in [1.54, 1.807) is 17.4 Å². The summed E-state index contributed by atoms with van der Waals surface area (Å²) in [4.78, 5) is 8.26. The quantitative estimate of drug-likeness (QED) is 0.589. The van der Waals surface area contributed by atoms with Crippen molar-refractivity contribution in [3.63, 3.8) is 0 Å². The van der Waals surface area contributed by atoms with Crippen molar-refractivity contribution in [2.75, 3.05) is 0 Å². The molecule has 0 saturated heterocycles. The molecule has 2 heterocycles. The Morgan fingerprint density at radius 3 is 3.00 bits per heavy atom. The summed E-state index contributed by atoms with van der Waals surface area (Å²) < 4.78 is 1.09. The first kappa shape index (κ1) is 7.00. The number of pyridine rings is 1. The molecule has 0 aliphatic rings. The second-order valence-electron chi connectivity index (χ2n) is 2.19. The molecule has 2 aromatic rings. The maximum atomic E-state index is 5.68. The van der Waals surface area contributed by atoms with Crippen molar-refractivity contribution in [3.8, 4) is 0 Å².